The third kappa shape index (κ3) is 2.69. The van der Waals surface area contributed by atoms with Crippen LogP contribution in [0.25, 0.3) is 0 Å². The van der Waals surface area contributed by atoms with Gasteiger partial charge >= 0.3 is 0 Å². The number of hydrogen-bond donors (Lipinski definition) is 1. The van der Waals surface area contributed by atoms with E-state index in [1.807, 2.05) is 0 Å². The molecular formula is C16H26N2. The molecule has 2 atom stereocenters. The van der Waals surface area contributed by atoms with Gasteiger partial charge < -0.3 is 10.2 Å². The van der Waals surface area contributed by atoms with E-state index in [2.05, 4.69) is 62.2 Å². The summed E-state index contributed by atoms with van der Waals surface area (Å²) in [5, 5.41) is 3.72. The van der Waals surface area contributed by atoms with E-state index in [1.165, 1.54) is 24.1 Å². The minimum Gasteiger partial charge on any atom is -0.365 e. The minimum absolute atomic E-state index is 0.247. The summed E-state index contributed by atoms with van der Waals surface area (Å²) in [6.45, 7) is 11.2. The van der Waals surface area contributed by atoms with Gasteiger partial charge in [0.15, 0.2) is 0 Å². The number of nitrogens with one attached hydrogen (secondary N) is 1. The van der Waals surface area contributed by atoms with Crippen LogP contribution in [0.1, 0.15) is 39.2 Å². The van der Waals surface area contributed by atoms with E-state index in [0.717, 1.165) is 13.1 Å². The molecular weight excluding hydrogens is 220 g/mol. The van der Waals surface area contributed by atoms with Crippen LogP contribution >= 0.6 is 0 Å². The molecule has 2 heteroatoms. The molecule has 0 amide bonds. The molecule has 0 aliphatic carbocycles. The molecule has 2 unspecified atom stereocenters. The number of benzene rings is 1. The second-order valence-electron chi connectivity index (χ2n) is 5.82. The number of anilines is 1. The molecule has 1 fully saturated rings. The largest absolute Gasteiger partial charge is 0.365 e. The Morgan fingerprint density at radius 3 is 2.50 bits per heavy atom. The van der Waals surface area contributed by atoms with Gasteiger partial charge in [-0.15, -0.1) is 0 Å². The van der Waals surface area contributed by atoms with Gasteiger partial charge in [-0.2, -0.15) is 0 Å². The molecule has 1 aromatic carbocycles. The average molecular weight is 246 g/mol. The zero-order chi connectivity index (χ0) is 13.2. The van der Waals surface area contributed by atoms with Crippen LogP contribution in [0, 0.1) is 6.92 Å². The Hall–Kier alpha value is -1.02. The lowest BCUT2D eigenvalue weighted by atomic mass is 9.92. The van der Waals surface area contributed by atoms with Gasteiger partial charge in [0, 0.05) is 30.4 Å². The number of hydrogen-bond acceptors (Lipinski definition) is 2. The molecule has 1 N–H and O–H groups in total. The van der Waals surface area contributed by atoms with Crippen molar-refractivity contribution in [1.29, 1.82) is 0 Å². The van der Waals surface area contributed by atoms with Crippen molar-refractivity contribution in [3.8, 4) is 0 Å². The van der Waals surface area contributed by atoms with E-state index in [1.54, 1.807) is 0 Å². The predicted octanol–water partition coefficient (Wildman–Crippen LogP) is 3.35. The zero-order valence-corrected chi connectivity index (χ0v) is 12.2. The maximum atomic E-state index is 3.72. The van der Waals surface area contributed by atoms with Gasteiger partial charge in [-0.25, -0.2) is 0 Å². The van der Waals surface area contributed by atoms with Crippen LogP contribution in [0.3, 0.4) is 0 Å². The quantitative estimate of drug-likeness (QED) is 0.880. The summed E-state index contributed by atoms with van der Waals surface area (Å²) >= 11 is 0. The first kappa shape index (κ1) is 13.4. The van der Waals surface area contributed by atoms with Crippen molar-refractivity contribution in [2.45, 2.75) is 52.1 Å². The van der Waals surface area contributed by atoms with Gasteiger partial charge in [0.2, 0.25) is 0 Å². The van der Waals surface area contributed by atoms with E-state index in [9.17, 15) is 0 Å². The summed E-state index contributed by atoms with van der Waals surface area (Å²) in [6.07, 6.45) is 2.37. The standard InChI is InChI=1S/C16H26N2/c1-5-14-11-17-16(4,6-2)12-18(14)15-9-7-13(3)8-10-15/h7-10,14,17H,5-6,11-12H2,1-4H3. The van der Waals surface area contributed by atoms with Gasteiger partial charge in [-0.3, -0.25) is 0 Å². The number of nitrogens with zero attached hydrogens (tertiary/aromatic N) is 1. The molecule has 100 valence electrons. The number of piperazine rings is 1. The van der Waals surface area contributed by atoms with E-state index < -0.39 is 0 Å². The van der Waals surface area contributed by atoms with Crippen LogP contribution in [0.4, 0.5) is 5.69 Å². The Morgan fingerprint density at radius 2 is 1.94 bits per heavy atom. The molecule has 0 spiro atoms. The second-order valence-corrected chi connectivity index (χ2v) is 5.82. The molecule has 2 nitrogen and oxygen atoms in total. The van der Waals surface area contributed by atoms with Crippen molar-refractivity contribution in [1.82, 2.24) is 5.32 Å². The predicted molar refractivity (Wildman–Crippen MR) is 79.3 cm³/mol. The highest BCUT2D eigenvalue weighted by Crippen LogP contribution is 2.26. The van der Waals surface area contributed by atoms with E-state index in [0.29, 0.717) is 6.04 Å². The highest BCUT2D eigenvalue weighted by molar-refractivity contribution is 5.49. The summed E-state index contributed by atoms with van der Waals surface area (Å²) in [5.74, 6) is 0. The fourth-order valence-electron chi connectivity index (χ4n) is 2.68. The van der Waals surface area contributed by atoms with Gasteiger partial charge in [0.1, 0.15) is 0 Å². The topological polar surface area (TPSA) is 15.3 Å². The fraction of sp³-hybridized carbons (Fsp3) is 0.625. The molecule has 1 heterocycles. The maximum Gasteiger partial charge on any atom is 0.0412 e. The first-order valence-electron chi connectivity index (χ1n) is 7.16. The van der Waals surface area contributed by atoms with Crippen molar-refractivity contribution >= 4 is 5.69 Å². The van der Waals surface area contributed by atoms with Crippen molar-refractivity contribution in [3.63, 3.8) is 0 Å². The number of rotatable bonds is 3. The van der Waals surface area contributed by atoms with Crippen LogP contribution in [0.2, 0.25) is 0 Å². The fourth-order valence-corrected chi connectivity index (χ4v) is 2.68. The Morgan fingerprint density at radius 1 is 1.28 bits per heavy atom. The van der Waals surface area contributed by atoms with Crippen LogP contribution in [0.15, 0.2) is 24.3 Å². The zero-order valence-electron chi connectivity index (χ0n) is 12.2. The van der Waals surface area contributed by atoms with Gasteiger partial charge in [-0.1, -0.05) is 31.5 Å². The van der Waals surface area contributed by atoms with Gasteiger partial charge in [-0.05, 0) is 38.8 Å². The monoisotopic (exact) mass is 246 g/mol. The highest BCUT2D eigenvalue weighted by atomic mass is 15.3. The Kier molecular flexibility index (Phi) is 3.96. The average Bonchev–Trinajstić information content (AvgIpc) is 2.40. The first-order chi connectivity index (χ1) is 8.58. The van der Waals surface area contributed by atoms with Crippen molar-refractivity contribution in [3.05, 3.63) is 29.8 Å². The molecule has 1 aliphatic rings. The van der Waals surface area contributed by atoms with Crippen molar-refractivity contribution in [2.75, 3.05) is 18.0 Å². The summed E-state index contributed by atoms with van der Waals surface area (Å²) in [7, 11) is 0. The normalized spacial score (nSPS) is 28.4. The van der Waals surface area contributed by atoms with Crippen LogP contribution in [-0.4, -0.2) is 24.7 Å². The molecule has 2 rings (SSSR count). The smallest absolute Gasteiger partial charge is 0.0412 e. The summed E-state index contributed by atoms with van der Waals surface area (Å²) in [5.41, 5.74) is 2.95. The molecule has 0 radical (unpaired) electrons. The highest BCUT2D eigenvalue weighted by Gasteiger charge is 2.33. The van der Waals surface area contributed by atoms with Crippen LogP contribution in [-0.2, 0) is 0 Å². The second kappa shape index (κ2) is 5.31. The first-order valence-corrected chi connectivity index (χ1v) is 7.16. The Labute approximate surface area is 111 Å². The van der Waals surface area contributed by atoms with E-state index in [4.69, 9.17) is 0 Å². The lowest BCUT2D eigenvalue weighted by molar-refractivity contribution is 0.276. The summed E-state index contributed by atoms with van der Waals surface area (Å²) < 4.78 is 0. The molecule has 0 aromatic heterocycles. The van der Waals surface area contributed by atoms with Crippen molar-refractivity contribution < 1.29 is 0 Å². The van der Waals surface area contributed by atoms with Crippen molar-refractivity contribution in [2.24, 2.45) is 0 Å². The minimum atomic E-state index is 0.247. The third-order valence-corrected chi connectivity index (χ3v) is 4.34. The molecule has 1 aromatic rings. The van der Waals surface area contributed by atoms with E-state index in [-0.39, 0.29) is 5.54 Å². The van der Waals surface area contributed by atoms with E-state index >= 15 is 0 Å². The molecule has 1 saturated heterocycles. The van der Waals surface area contributed by atoms with Crippen LogP contribution < -0.4 is 10.2 Å². The molecule has 18 heavy (non-hydrogen) atoms. The maximum absolute atomic E-state index is 3.72. The Balaban J connectivity index is 2.23. The summed E-state index contributed by atoms with van der Waals surface area (Å²) in [6, 6.07) is 9.58. The number of aryl methyl sites for hydroxylation is 1. The lowest BCUT2D eigenvalue weighted by Gasteiger charge is -2.47. The molecule has 0 bridgehead atoms. The van der Waals surface area contributed by atoms with Gasteiger partial charge in [0.25, 0.3) is 0 Å². The molecule has 1 aliphatic heterocycles. The third-order valence-electron chi connectivity index (χ3n) is 4.34. The Bertz CT molecular complexity index is 385. The SMILES string of the molecule is CCC1CNC(C)(CC)CN1c1ccc(C)cc1. The van der Waals surface area contributed by atoms with Gasteiger partial charge in [0.05, 0.1) is 0 Å². The lowest BCUT2D eigenvalue weighted by Crippen LogP contribution is -2.62. The van der Waals surface area contributed by atoms with Crippen LogP contribution in [0.5, 0.6) is 0 Å². The summed E-state index contributed by atoms with van der Waals surface area (Å²) in [4.78, 5) is 2.58. The molecule has 0 saturated carbocycles.